The van der Waals surface area contributed by atoms with Gasteiger partial charge in [0.2, 0.25) is 6.86 Å². The Balaban J connectivity index is 2.28. The summed E-state index contributed by atoms with van der Waals surface area (Å²) in [6, 6.07) is 0.347. The summed E-state index contributed by atoms with van der Waals surface area (Å²) in [6.07, 6.45) is 3.42. The van der Waals surface area contributed by atoms with Crippen LogP contribution in [0.15, 0.2) is 0 Å². The maximum absolute atomic E-state index is 11.7. The van der Waals surface area contributed by atoms with Crippen molar-refractivity contribution in [2.75, 3.05) is 6.86 Å². The van der Waals surface area contributed by atoms with Crippen molar-refractivity contribution in [1.82, 2.24) is 5.48 Å². The molecule has 0 bridgehead atoms. The molecule has 0 spiro atoms. The standard InChI is InChI=1S/C10H20FNO/c1-10(2,3)8-4-5-9(6-8)12-13-7-11/h8-9,12H,4-7H2,1-3H3. The molecule has 78 valence electrons. The van der Waals surface area contributed by atoms with Crippen LogP contribution in [0.4, 0.5) is 4.39 Å². The third-order valence-electron chi connectivity index (χ3n) is 2.96. The third-order valence-corrected chi connectivity index (χ3v) is 2.96. The zero-order valence-electron chi connectivity index (χ0n) is 8.77. The smallest absolute Gasteiger partial charge is 0.207 e. The van der Waals surface area contributed by atoms with Gasteiger partial charge in [-0.05, 0) is 30.6 Å². The molecule has 0 saturated heterocycles. The predicted molar refractivity (Wildman–Crippen MR) is 50.8 cm³/mol. The summed E-state index contributed by atoms with van der Waals surface area (Å²) < 4.78 is 11.7. The number of hydrogen-bond acceptors (Lipinski definition) is 2. The van der Waals surface area contributed by atoms with Crippen LogP contribution in [0.2, 0.25) is 0 Å². The summed E-state index contributed by atoms with van der Waals surface area (Å²) in [5.41, 5.74) is 3.13. The highest BCUT2D eigenvalue weighted by atomic mass is 19.1. The number of halogens is 1. The first-order valence-electron chi connectivity index (χ1n) is 4.97. The molecule has 1 aliphatic carbocycles. The van der Waals surface area contributed by atoms with Crippen LogP contribution in [0, 0.1) is 11.3 Å². The Morgan fingerprint density at radius 3 is 2.54 bits per heavy atom. The van der Waals surface area contributed by atoms with E-state index in [1.54, 1.807) is 0 Å². The van der Waals surface area contributed by atoms with Gasteiger partial charge in [0, 0.05) is 6.04 Å². The molecule has 1 fully saturated rings. The van der Waals surface area contributed by atoms with Crippen LogP contribution in [0.1, 0.15) is 40.0 Å². The maximum Gasteiger partial charge on any atom is 0.207 e. The van der Waals surface area contributed by atoms with Gasteiger partial charge < -0.3 is 0 Å². The van der Waals surface area contributed by atoms with E-state index in [1.165, 1.54) is 6.42 Å². The molecule has 13 heavy (non-hydrogen) atoms. The van der Waals surface area contributed by atoms with Crippen molar-refractivity contribution in [2.24, 2.45) is 11.3 Å². The summed E-state index contributed by atoms with van der Waals surface area (Å²) in [6.45, 7) is 6.04. The van der Waals surface area contributed by atoms with E-state index in [1.807, 2.05) is 0 Å². The molecule has 3 heteroatoms. The van der Waals surface area contributed by atoms with E-state index in [0.29, 0.717) is 11.5 Å². The molecule has 0 aliphatic heterocycles. The minimum Gasteiger partial charge on any atom is -0.268 e. The van der Waals surface area contributed by atoms with Gasteiger partial charge in [0.05, 0.1) is 0 Å². The van der Waals surface area contributed by atoms with Crippen LogP contribution < -0.4 is 5.48 Å². The highest BCUT2D eigenvalue weighted by molar-refractivity contribution is 4.85. The highest BCUT2D eigenvalue weighted by Crippen LogP contribution is 2.39. The highest BCUT2D eigenvalue weighted by Gasteiger charge is 2.32. The minimum atomic E-state index is -0.739. The largest absolute Gasteiger partial charge is 0.268 e. The molecule has 0 heterocycles. The zero-order chi connectivity index (χ0) is 9.90. The Morgan fingerprint density at radius 2 is 2.08 bits per heavy atom. The molecule has 2 atom stereocenters. The van der Waals surface area contributed by atoms with E-state index in [0.717, 1.165) is 18.8 Å². The van der Waals surface area contributed by atoms with E-state index in [9.17, 15) is 4.39 Å². The Bertz CT molecular complexity index is 155. The monoisotopic (exact) mass is 189 g/mol. The zero-order valence-corrected chi connectivity index (χ0v) is 8.77. The second-order valence-corrected chi connectivity index (χ2v) is 4.94. The molecule has 1 N–H and O–H groups in total. The van der Waals surface area contributed by atoms with E-state index in [2.05, 4.69) is 31.1 Å². The molecule has 0 amide bonds. The fraction of sp³-hybridized carbons (Fsp3) is 1.00. The van der Waals surface area contributed by atoms with Crippen LogP contribution in [-0.4, -0.2) is 12.9 Å². The molecule has 1 rings (SSSR count). The quantitative estimate of drug-likeness (QED) is 0.689. The normalized spacial score (nSPS) is 29.5. The van der Waals surface area contributed by atoms with Gasteiger partial charge in [-0.1, -0.05) is 20.8 Å². The summed E-state index contributed by atoms with van der Waals surface area (Å²) in [5.74, 6) is 0.730. The van der Waals surface area contributed by atoms with E-state index in [4.69, 9.17) is 0 Å². The number of hydroxylamine groups is 1. The van der Waals surface area contributed by atoms with Gasteiger partial charge >= 0.3 is 0 Å². The van der Waals surface area contributed by atoms with E-state index >= 15 is 0 Å². The van der Waals surface area contributed by atoms with Crippen molar-refractivity contribution in [3.63, 3.8) is 0 Å². The van der Waals surface area contributed by atoms with Crippen LogP contribution in [0.25, 0.3) is 0 Å². The van der Waals surface area contributed by atoms with Gasteiger partial charge in [-0.2, -0.15) is 5.48 Å². The maximum atomic E-state index is 11.7. The number of rotatable bonds is 3. The number of hydrogen-bond donors (Lipinski definition) is 1. The summed E-state index contributed by atoms with van der Waals surface area (Å²) in [4.78, 5) is 4.56. The number of nitrogens with one attached hydrogen (secondary N) is 1. The topological polar surface area (TPSA) is 21.3 Å². The Morgan fingerprint density at radius 1 is 1.38 bits per heavy atom. The molecule has 0 aromatic heterocycles. The van der Waals surface area contributed by atoms with E-state index < -0.39 is 6.86 Å². The van der Waals surface area contributed by atoms with Crippen LogP contribution in [0.3, 0.4) is 0 Å². The van der Waals surface area contributed by atoms with Gasteiger partial charge in [-0.15, -0.1) is 0 Å². The van der Waals surface area contributed by atoms with Crippen LogP contribution in [-0.2, 0) is 4.84 Å². The molecular weight excluding hydrogens is 169 g/mol. The van der Waals surface area contributed by atoms with Crippen molar-refractivity contribution >= 4 is 0 Å². The molecule has 0 aromatic carbocycles. The lowest BCUT2D eigenvalue weighted by atomic mass is 9.80. The van der Waals surface area contributed by atoms with Gasteiger partial charge in [0.1, 0.15) is 0 Å². The lowest BCUT2D eigenvalue weighted by Gasteiger charge is -2.26. The number of alkyl halides is 1. The summed E-state index contributed by atoms with van der Waals surface area (Å²) >= 11 is 0. The lowest BCUT2D eigenvalue weighted by molar-refractivity contribution is -0.0353. The van der Waals surface area contributed by atoms with Crippen molar-refractivity contribution in [2.45, 2.75) is 46.1 Å². The molecule has 2 unspecified atom stereocenters. The van der Waals surface area contributed by atoms with Gasteiger partial charge in [0.25, 0.3) is 0 Å². The van der Waals surface area contributed by atoms with E-state index in [-0.39, 0.29) is 0 Å². The molecule has 1 aliphatic rings. The molecular formula is C10H20FNO. The van der Waals surface area contributed by atoms with Gasteiger partial charge in [-0.3, -0.25) is 4.84 Å². The van der Waals surface area contributed by atoms with Crippen molar-refractivity contribution in [1.29, 1.82) is 0 Å². The van der Waals surface area contributed by atoms with Crippen molar-refractivity contribution in [3.8, 4) is 0 Å². The minimum absolute atomic E-state index is 0.347. The first-order chi connectivity index (χ1) is 6.04. The van der Waals surface area contributed by atoms with Gasteiger partial charge in [-0.25, -0.2) is 4.39 Å². The summed E-state index contributed by atoms with van der Waals surface area (Å²) in [7, 11) is 0. The first-order valence-corrected chi connectivity index (χ1v) is 4.97. The Hall–Kier alpha value is -0.150. The summed E-state index contributed by atoms with van der Waals surface area (Å²) in [5, 5.41) is 0. The molecule has 2 nitrogen and oxygen atoms in total. The predicted octanol–water partition coefficient (Wildman–Crippen LogP) is 2.65. The second kappa shape index (κ2) is 4.38. The van der Waals surface area contributed by atoms with Gasteiger partial charge in [0.15, 0.2) is 0 Å². The fourth-order valence-electron chi connectivity index (χ4n) is 2.02. The Kier molecular flexibility index (Phi) is 3.68. The fourth-order valence-corrected chi connectivity index (χ4v) is 2.02. The van der Waals surface area contributed by atoms with Crippen LogP contribution in [0.5, 0.6) is 0 Å². The second-order valence-electron chi connectivity index (χ2n) is 4.94. The average molecular weight is 189 g/mol. The molecule has 1 saturated carbocycles. The Labute approximate surface area is 79.8 Å². The van der Waals surface area contributed by atoms with Crippen molar-refractivity contribution in [3.05, 3.63) is 0 Å². The third kappa shape index (κ3) is 3.24. The lowest BCUT2D eigenvalue weighted by Crippen LogP contribution is -2.28. The van der Waals surface area contributed by atoms with Crippen molar-refractivity contribution < 1.29 is 9.23 Å². The van der Waals surface area contributed by atoms with Crippen LogP contribution >= 0.6 is 0 Å². The molecule has 0 aromatic rings. The average Bonchev–Trinajstić information content (AvgIpc) is 2.47. The molecule has 0 radical (unpaired) electrons. The first kappa shape index (κ1) is 10.9. The SMILES string of the molecule is CC(C)(C)C1CCC(NOCF)C1.